The van der Waals surface area contributed by atoms with Crippen LogP contribution in [0.5, 0.6) is 0 Å². The van der Waals surface area contributed by atoms with Gasteiger partial charge in [-0.25, -0.2) is 0 Å². The van der Waals surface area contributed by atoms with E-state index in [-0.39, 0.29) is 5.92 Å². The van der Waals surface area contributed by atoms with Gasteiger partial charge in [0.15, 0.2) is 0 Å². The van der Waals surface area contributed by atoms with Crippen molar-refractivity contribution >= 4 is 0 Å². The third kappa shape index (κ3) is 5.94. The predicted octanol–water partition coefficient (Wildman–Crippen LogP) is 2.04. The van der Waals surface area contributed by atoms with Crippen LogP contribution in [0, 0.1) is 17.2 Å². The summed E-state index contributed by atoms with van der Waals surface area (Å²) in [5.74, 6) is 0.138. The molecule has 0 aromatic rings. The monoisotopic (exact) mass is 166 g/mol. The molecule has 0 N–H and O–H groups in total. The number of unbranched alkanes of at least 4 members (excludes halogenated alkanes) is 1. The fourth-order valence-corrected chi connectivity index (χ4v) is 1.11. The van der Waals surface area contributed by atoms with Gasteiger partial charge in [-0.05, 0) is 33.4 Å². The zero-order valence-corrected chi connectivity index (χ0v) is 8.08. The van der Waals surface area contributed by atoms with Gasteiger partial charge >= 0.3 is 0 Å². The third-order valence-corrected chi connectivity index (χ3v) is 1.75. The molecule has 0 heterocycles. The van der Waals surface area contributed by atoms with Crippen molar-refractivity contribution in [3.63, 3.8) is 0 Å². The van der Waals surface area contributed by atoms with Crippen molar-refractivity contribution in [1.82, 2.24) is 4.90 Å². The molecule has 0 saturated heterocycles. The zero-order chi connectivity index (χ0) is 9.40. The maximum Gasteiger partial charge on any atom is 0.0666 e. The van der Waals surface area contributed by atoms with Crippen LogP contribution in [0.25, 0.3) is 0 Å². The molecule has 12 heavy (non-hydrogen) atoms. The molecule has 0 aliphatic carbocycles. The first kappa shape index (κ1) is 11.2. The molecule has 0 saturated carbocycles. The van der Waals surface area contributed by atoms with Crippen molar-refractivity contribution in [2.75, 3.05) is 20.1 Å². The highest BCUT2D eigenvalue weighted by molar-refractivity contribution is 4.80. The Hall–Kier alpha value is -0.810. The molecule has 0 amide bonds. The van der Waals surface area contributed by atoms with Crippen LogP contribution in [0.15, 0.2) is 12.7 Å². The van der Waals surface area contributed by atoms with E-state index in [2.05, 4.69) is 24.6 Å². The predicted molar refractivity (Wildman–Crippen MR) is 51.7 cm³/mol. The van der Waals surface area contributed by atoms with Crippen molar-refractivity contribution in [3.8, 4) is 6.07 Å². The second-order valence-electron chi connectivity index (χ2n) is 3.22. The number of hydrogen-bond donors (Lipinski definition) is 0. The second kappa shape index (κ2) is 6.87. The van der Waals surface area contributed by atoms with Crippen molar-refractivity contribution in [2.24, 2.45) is 5.92 Å². The molecule has 0 aromatic carbocycles. The van der Waals surface area contributed by atoms with Gasteiger partial charge in [0.1, 0.15) is 0 Å². The van der Waals surface area contributed by atoms with Crippen molar-refractivity contribution in [2.45, 2.75) is 19.8 Å². The topological polar surface area (TPSA) is 27.0 Å². The van der Waals surface area contributed by atoms with E-state index in [0.29, 0.717) is 0 Å². The van der Waals surface area contributed by atoms with Crippen LogP contribution in [-0.4, -0.2) is 25.0 Å². The molecular weight excluding hydrogens is 148 g/mol. The zero-order valence-electron chi connectivity index (χ0n) is 8.08. The Morgan fingerprint density at radius 2 is 2.33 bits per heavy atom. The maximum absolute atomic E-state index is 8.56. The molecule has 1 unspecified atom stereocenters. The fraction of sp³-hybridized carbons (Fsp3) is 0.700. The van der Waals surface area contributed by atoms with Gasteiger partial charge in [-0.15, -0.1) is 6.58 Å². The Morgan fingerprint density at radius 1 is 1.67 bits per heavy atom. The number of nitrogens with zero attached hydrogens (tertiary/aromatic N) is 2. The summed E-state index contributed by atoms with van der Waals surface area (Å²) in [5.41, 5.74) is 0. The number of rotatable bonds is 6. The Morgan fingerprint density at radius 3 is 2.83 bits per heavy atom. The van der Waals surface area contributed by atoms with Crippen LogP contribution in [0.3, 0.4) is 0 Å². The fourth-order valence-electron chi connectivity index (χ4n) is 1.11. The maximum atomic E-state index is 8.56. The van der Waals surface area contributed by atoms with Gasteiger partial charge in [-0.1, -0.05) is 6.08 Å². The molecule has 1 atom stereocenters. The van der Waals surface area contributed by atoms with Crippen LogP contribution in [0.2, 0.25) is 0 Å². The summed E-state index contributed by atoms with van der Waals surface area (Å²) in [6, 6.07) is 2.22. The van der Waals surface area contributed by atoms with Crippen LogP contribution < -0.4 is 0 Å². The van der Waals surface area contributed by atoms with Crippen molar-refractivity contribution in [1.29, 1.82) is 5.26 Å². The standard InChI is InChI=1S/C10H18N2/c1-4-5-6-7-12(3)9-10(2)8-11/h4,10H,1,5-7,9H2,2-3H3. The van der Waals surface area contributed by atoms with Crippen molar-refractivity contribution in [3.05, 3.63) is 12.7 Å². The molecule has 0 bridgehead atoms. The van der Waals surface area contributed by atoms with Crippen LogP contribution >= 0.6 is 0 Å². The average molecular weight is 166 g/mol. The summed E-state index contributed by atoms with van der Waals surface area (Å²) >= 11 is 0. The molecule has 0 aliphatic rings. The van der Waals surface area contributed by atoms with Gasteiger partial charge in [0.25, 0.3) is 0 Å². The van der Waals surface area contributed by atoms with Gasteiger partial charge in [0.2, 0.25) is 0 Å². The van der Waals surface area contributed by atoms with E-state index >= 15 is 0 Å². The summed E-state index contributed by atoms with van der Waals surface area (Å²) < 4.78 is 0. The average Bonchev–Trinajstić information content (AvgIpc) is 2.05. The summed E-state index contributed by atoms with van der Waals surface area (Å²) in [5, 5.41) is 8.56. The first-order valence-electron chi connectivity index (χ1n) is 4.39. The summed E-state index contributed by atoms with van der Waals surface area (Å²) in [6.07, 6.45) is 4.13. The smallest absolute Gasteiger partial charge is 0.0666 e. The van der Waals surface area contributed by atoms with E-state index in [1.165, 1.54) is 0 Å². The highest BCUT2D eigenvalue weighted by Gasteiger charge is 2.03. The minimum Gasteiger partial charge on any atom is -0.305 e. The van der Waals surface area contributed by atoms with E-state index < -0.39 is 0 Å². The normalized spacial score (nSPS) is 12.5. The lowest BCUT2D eigenvalue weighted by Gasteiger charge is -2.16. The molecule has 0 aromatic heterocycles. The third-order valence-electron chi connectivity index (χ3n) is 1.75. The Bertz CT molecular complexity index is 158. The molecule has 0 spiro atoms. The lowest BCUT2D eigenvalue weighted by molar-refractivity contribution is 0.307. The molecule has 0 fully saturated rings. The number of allylic oxidation sites excluding steroid dienone is 1. The SMILES string of the molecule is C=CCCCN(C)CC(C)C#N. The molecular formula is C10H18N2. The lowest BCUT2D eigenvalue weighted by Crippen LogP contribution is -2.24. The second-order valence-corrected chi connectivity index (χ2v) is 3.22. The van der Waals surface area contributed by atoms with Crippen LogP contribution in [0.4, 0.5) is 0 Å². The highest BCUT2D eigenvalue weighted by Crippen LogP contribution is 1.98. The van der Waals surface area contributed by atoms with Gasteiger partial charge < -0.3 is 4.90 Å². The van der Waals surface area contributed by atoms with Gasteiger partial charge in [0.05, 0.1) is 12.0 Å². The van der Waals surface area contributed by atoms with Crippen LogP contribution in [0.1, 0.15) is 19.8 Å². The minimum absolute atomic E-state index is 0.138. The first-order chi connectivity index (χ1) is 5.70. The number of hydrogen-bond acceptors (Lipinski definition) is 2. The van der Waals surface area contributed by atoms with Gasteiger partial charge in [-0.3, -0.25) is 0 Å². The van der Waals surface area contributed by atoms with E-state index in [1.54, 1.807) is 0 Å². The molecule has 0 aliphatic heterocycles. The van der Waals surface area contributed by atoms with E-state index in [4.69, 9.17) is 5.26 Å². The summed E-state index contributed by atoms with van der Waals surface area (Å²) in [7, 11) is 2.05. The van der Waals surface area contributed by atoms with E-state index in [1.807, 2.05) is 13.0 Å². The Kier molecular flexibility index (Phi) is 6.41. The lowest BCUT2D eigenvalue weighted by atomic mass is 10.2. The van der Waals surface area contributed by atoms with Crippen LogP contribution in [-0.2, 0) is 0 Å². The highest BCUT2D eigenvalue weighted by atomic mass is 15.1. The largest absolute Gasteiger partial charge is 0.305 e. The van der Waals surface area contributed by atoms with E-state index in [9.17, 15) is 0 Å². The molecule has 0 rings (SSSR count). The molecule has 68 valence electrons. The number of nitriles is 1. The minimum atomic E-state index is 0.138. The molecule has 2 heteroatoms. The quantitative estimate of drug-likeness (QED) is 0.446. The van der Waals surface area contributed by atoms with Gasteiger partial charge in [0, 0.05) is 6.54 Å². The van der Waals surface area contributed by atoms with Crippen molar-refractivity contribution < 1.29 is 0 Å². The summed E-state index contributed by atoms with van der Waals surface area (Å²) in [4.78, 5) is 2.19. The van der Waals surface area contributed by atoms with Gasteiger partial charge in [-0.2, -0.15) is 5.26 Å². The molecule has 2 nitrogen and oxygen atoms in total. The van der Waals surface area contributed by atoms with E-state index in [0.717, 1.165) is 25.9 Å². The summed E-state index contributed by atoms with van der Waals surface area (Å²) in [6.45, 7) is 7.53. The molecule has 0 radical (unpaired) electrons. The first-order valence-corrected chi connectivity index (χ1v) is 4.39. The Balaban J connectivity index is 3.40. The Labute approximate surface area is 75.5 Å².